The van der Waals surface area contributed by atoms with Crippen LogP contribution in [0.2, 0.25) is 0 Å². The average Bonchev–Trinajstić information content (AvgIpc) is 3.43. The van der Waals surface area contributed by atoms with Crippen molar-refractivity contribution >= 4 is 22.4 Å². The van der Waals surface area contributed by atoms with E-state index in [1.165, 1.54) is 0 Å². The highest BCUT2D eigenvalue weighted by Crippen LogP contribution is 2.38. The molecule has 1 amide bonds. The molecule has 3 aromatic rings. The molecule has 0 radical (unpaired) electrons. The van der Waals surface area contributed by atoms with Gasteiger partial charge in [-0.2, -0.15) is 0 Å². The lowest BCUT2D eigenvalue weighted by molar-refractivity contribution is -0.124. The topological polar surface area (TPSA) is 51.9 Å². The summed E-state index contributed by atoms with van der Waals surface area (Å²) in [4.78, 5) is 14.6. The Balaban J connectivity index is 1.79. The summed E-state index contributed by atoms with van der Waals surface area (Å²) in [6, 6.07) is 11.9. The summed E-state index contributed by atoms with van der Waals surface area (Å²) in [5.74, 6) is 1.58. The van der Waals surface area contributed by atoms with Crippen molar-refractivity contribution in [1.82, 2.24) is 4.90 Å². The lowest BCUT2D eigenvalue weighted by atomic mass is 9.99. The van der Waals surface area contributed by atoms with Crippen LogP contribution in [0.5, 0.6) is 11.5 Å². The molecule has 0 aliphatic carbocycles. The third-order valence-corrected chi connectivity index (χ3v) is 5.54. The van der Waals surface area contributed by atoms with Gasteiger partial charge >= 0.3 is 0 Å². The molecule has 2 heterocycles. The molecule has 1 fully saturated rings. The van der Waals surface area contributed by atoms with E-state index in [2.05, 4.69) is 6.07 Å². The van der Waals surface area contributed by atoms with E-state index < -0.39 is 0 Å². The van der Waals surface area contributed by atoms with Gasteiger partial charge in [-0.15, -0.1) is 0 Å². The predicted molar refractivity (Wildman–Crippen MR) is 119 cm³/mol. The fraction of sp³-hybridized carbons (Fsp3) is 0.320. The van der Waals surface area contributed by atoms with E-state index in [4.69, 9.17) is 13.9 Å². The van der Waals surface area contributed by atoms with Crippen molar-refractivity contribution in [1.29, 1.82) is 0 Å². The van der Waals surface area contributed by atoms with Gasteiger partial charge in [0, 0.05) is 41.7 Å². The molecule has 5 nitrogen and oxygen atoms in total. The van der Waals surface area contributed by atoms with Crippen LogP contribution in [0.3, 0.4) is 0 Å². The maximum Gasteiger partial charge on any atom is 0.246 e. The summed E-state index contributed by atoms with van der Waals surface area (Å²) in [7, 11) is 1.66. The fourth-order valence-electron chi connectivity index (χ4n) is 3.94. The lowest BCUT2D eigenvalue weighted by Gasteiger charge is -2.15. The van der Waals surface area contributed by atoms with Crippen LogP contribution < -0.4 is 9.47 Å². The number of hydrogen-bond donors (Lipinski definition) is 0. The second-order valence-corrected chi connectivity index (χ2v) is 7.52. The molecule has 0 N–H and O–H groups in total. The molecule has 0 bridgehead atoms. The van der Waals surface area contributed by atoms with Crippen molar-refractivity contribution in [3.05, 3.63) is 54.3 Å². The molecule has 5 heteroatoms. The SMILES string of the molecule is CCOc1cc2occ(-c3cccc(OC)c3)c2cc1/C(C)=C/C(=O)N1CCCC1. The Bertz CT molecular complexity index is 1090. The summed E-state index contributed by atoms with van der Waals surface area (Å²) in [5.41, 5.74) is 4.53. The molecule has 2 aromatic carbocycles. The zero-order valence-electron chi connectivity index (χ0n) is 17.7. The Hall–Kier alpha value is -3.21. The first-order chi connectivity index (χ1) is 14.6. The normalized spacial score (nSPS) is 14.4. The third kappa shape index (κ3) is 3.92. The lowest BCUT2D eigenvalue weighted by Crippen LogP contribution is -2.25. The summed E-state index contributed by atoms with van der Waals surface area (Å²) in [6.45, 7) is 6.12. The smallest absolute Gasteiger partial charge is 0.246 e. The van der Waals surface area contributed by atoms with E-state index in [9.17, 15) is 4.79 Å². The van der Waals surface area contributed by atoms with Gasteiger partial charge in [-0.1, -0.05) is 12.1 Å². The van der Waals surface area contributed by atoms with E-state index in [0.717, 1.165) is 70.7 Å². The molecule has 0 saturated carbocycles. The number of benzene rings is 2. The van der Waals surface area contributed by atoms with Gasteiger partial charge in [0.1, 0.15) is 17.1 Å². The number of carbonyl (C=O) groups is 1. The largest absolute Gasteiger partial charge is 0.497 e. The number of rotatable bonds is 6. The standard InChI is InChI=1S/C25H27NO4/c1-4-29-23-15-24-21(22(16-30-24)18-8-7-9-19(13-18)28-3)14-20(23)17(2)12-25(27)26-10-5-6-11-26/h7-9,12-16H,4-6,10-11H2,1-3H3/b17-12+. The number of fused-ring (bicyclic) bond motifs is 1. The molecule has 4 rings (SSSR count). The zero-order valence-corrected chi connectivity index (χ0v) is 17.7. The van der Waals surface area contributed by atoms with Gasteiger partial charge in [-0.25, -0.2) is 0 Å². The molecule has 1 aliphatic heterocycles. The summed E-state index contributed by atoms with van der Waals surface area (Å²) >= 11 is 0. The van der Waals surface area contributed by atoms with Crippen molar-refractivity contribution in [2.75, 3.05) is 26.8 Å². The van der Waals surface area contributed by atoms with Crippen molar-refractivity contribution in [2.45, 2.75) is 26.7 Å². The van der Waals surface area contributed by atoms with E-state index in [1.807, 2.05) is 49.1 Å². The van der Waals surface area contributed by atoms with Gasteiger partial charge in [0.2, 0.25) is 5.91 Å². The molecule has 156 valence electrons. The Morgan fingerprint density at radius 1 is 1.20 bits per heavy atom. The third-order valence-electron chi connectivity index (χ3n) is 5.54. The van der Waals surface area contributed by atoms with Crippen LogP contribution in [0.25, 0.3) is 27.7 Å². The van der Waals surface area contributed by atoms with Crippen LogP contribution in [-0.4, -0.2) is 37.6 Å². The number of allylic oxidation sites excluding steroid dienone is 1. The Labute approximate surface area is 176 Å². The number of amides is 1. The molecular weight excluding hydrogens is 378 g/mol. The zero-order chi connectivity index (χ0) is 21.1. The van der Waals surface area contributed by atoms with Crippen LogP contribution in [-0.2, 0) is 4.79 Å². The van der Waals surface area contributed by atoms with Crippen molar-refractivity contribution in [3.8, 4) is 22.6 Å². The van der Waals surface area contributed by atoms with E-state index in [1.54, 1.807) is 19.4 Å². The second kappa shape index (κ2) is 8.66. The van der Waals surface area contributed by atoms with Gasteiger partial charge in [0.05, 0.1) is 20.0 Å². The molecule has 1 aliphatic rings. The van der Waals surface area contributed by atoms with Crippen LogP contribution in [0, 0.1) is 0 Å². The van der Waals surface area contributed by atoms with Gasteiger partial charge < -0.3 is 18.8 Å². The van der Waals surface area contributed by atoms with Crippen molar-refractivity contribution < 1.29 is 18.7 Å². The van der Waals surface area contributed by atoms with Gasteiger partial charge in [0.25, 0.3) is 0 Å². The first-order valence-electron chi connectivity index (χ1n) is 10.4. The highest BCUT2D eigenvalue weighted by Gasteiger charge is 2.19. The number of hydrogen-bond acceptors (Lipinski definition) is 4. The average molecular weight is 405 g/mol. The first-order valence-corrected chi connectivity index (χ1v) is 10.4. The van der Waals surface area contributed by atoms with E-state index in [-0.39, 0.29) is 5.91 Å². The predicted octanol–water partition coefficient (Wildman–Crippen LogP) is 5.53. The van der Waals surface area contributed by atoms with E-state index in [0.29, 0.717) is 6.61 Å². The highest BCUT2D eigenvalue weighted by atomic mass is 16.5. The molecule has 0 atom stereocenters. The van der Waals surface area contributed by atoms with Crippen LogP contribution in [0.1, 0.15) is 32.3 Å². The summed E-state index contributed by atoms with van der Waals surface area (Å²) in [6.07, 6.45) is 5.63. The maximum atomic E-state index is 12.6. The molecule has 1 aromatic heterocycles. The highest BCUT2D eigenvalue weighted by molar-refractivity contribution is 6.00. The quantitative estimate of drug-likeness (QED) is 0.506. The minimum atomic E-state index is 0.0627. The molecular formula is C25H27NO4. The first kappa shape index (κ1) is 20.1. The van der Waals surface area contributed by atoms with Crippen LogP contribution in [0.4, 0.5) is 0 Å². The minimum Gasteiger partial charge on any atom is -0.497 e. The number of methoxy groups -OCH3 is 1. The molecule has 0 unspecified atom stereocenters. The Morgan fingerprint density at radius 2 is 2.00 bits per heavy atom. The second-order valence-electron chi connectivity index (χ2n) is 7.52. The molecule has 0 spiro atoms. The molecule has 30 heavy (non-hydrogen) atoms. The molecule has 1 saturated heterocycles. The van der Waals surface area contributed by atoms with Gasteiger partial charge in [0.15, 0.2) is 0 Å². The van der Waals surface area contributed by atoms with Crippen LogP contribution in [0.15, 0.2) is 53.2 Å². The Kier molecular flexibility index (Phi) is 5.79. The monoisotopic (exact) mass is 405 g/mol. The minimum absolute atomic E-state index is 0.0627. The summed E-state index contributed by atoms with van der Waals surface area (Å²) in [5, 5.41) is 0.975. The van der Waals surface area contributed by atoms with E-state index >= 15 is 0 Å². The van der Waals surface area contributed by atoms with Crippen LogP contribution >= 0.6 is 0 Å². The van der Waals surface area contributed by atoms with Crippen molar-refractivity contribution in [3.63, 3.8) is 0 Å². The Morgan fingerprint density at radius 3 is 2.73 bits per heavy atom. The summed E-state index contributed by atoms with van der Waals surface area (Å²) < 4.78 is 17.1. The number of carbonyl (C=O) groups excluding carboxylic acids is 1. The number of nitrogens with zero attached hydrogens (tertiary/aromatic N) is 1. The number of furan rings is 1. The van der Waals surface area contributed by atoms with Gasteiger partial charge in [-0.3, -0.25) is 4.79 Å². The number of ether oxygens (including phenoxy) is 2. The number of likely N-dealkylation sites (tertiary alicyclic amines) is 1. The fourth-order valence-corrected chi connectivity index (χ4v) is 3.94. The van der Waals surface area contributed by atoms with Gasteiger partial charge in [-0.05, 0) is 56.0 Å². The van der Waals surface area contributed by atoms with Crippen molar-refractivity contribution in [2.24, 2.45) is 0 Å². The maximum absolute atomic E-state index is 12.6.